The Bertz CT molecular complexity index is 378. The molecular formula is C14H22N2O. The third-order valence-corrected chi connectivity index (χ3v) is 3.65. The fraction of sp³-hybridized carbons (Fsp3) is 0.571. The van der Waals surface area contributed by atoms with Gasteiger partial charge in [-0.1, -0.05) is 6.07 Å². The second-order valence-corrected chi connectivity index (χ2v) is 4.74. The van der Waals surface area contributed by atoms with Crippen LogP contribution in [0, 0.1) is 0 Å². The lowest BCUT2D eigenvalue weighted by Gasteiger charge is -2.33. The van der Waals surface area contributed by atoms with Gasteiger partial charge < -0.3 is 10.5 Å². The van der Waals surface area contributed by atoms with Crippen molar-refractivity contribution in [1.29, 1.82) is 0 Å². The topological polar surface area (TPSA) is 38.5 Å². The van der Waals surface area contributed by atoms with Gasteiger partial charge in [-0.2, -0.15) is 0 Å². The molecule has 0 spiro atoms. The molecule has 3 heteroatoms. The normalized spacial score (nSPS) is 19.2. The van der Waals surface area contributed by atoms with Crippen molar-refractivity contribution >= 4 is 0 Å². The number of nitrogens with zero attached hydrogens (tertiary/aromatic N) is 1. The van der Waals surface area contributed by atoms with Crippen molar-refractivity contribution in [2.45, 2.75) is 25.3 Å². The van der Waals surface area contributed by atoms with Crippen molar-refractivity contribution < 1.29 is 4.74 Å². The summed E-state index contributed by atoms with van der Waals surface area (Å²) in [6.07, 6.45) is 3.65. The lowest BCUT2D eigenvalue weighted by molar-refractivity contribution is 0.227. The van der Waals surface area contributed by atoms with Gasteiger partial charge in [-0.3, -0.25) is 4.90 Å². The number of fused-ring (bicyclic) bond motifs is 1. The number of aryl methyl sites for hydroxylation is 1. The van der Waals surface area contributed by atoms with Gasteiger partial charge in [0, 0.05) is 19.1 Å². The SMILES string of the molecule is COc1ccc2c(c1)CCCC2N(C)CCN. The fourth-order valence-corrected chi connectivity index (χ4v) is 2.71. The Balaban J connectivity index is 2.25. The summed E-state index contributed by atoms with van der Waals surface area (Å²) in [5.41, 5.74) is 8.53. The van der Waals surface area contributed by atoms with Crippen LogP contribution in [0.15, 0.2) is 18.2 Å². The summed E-state index contributed by atoms with van der Waals surface area (Å²) in [7, 11) is 3.89. The van der Waals surface area contributed by atoms with Gasteiger partial charge in [0.25, 0.3) is 0 Å². The van der Waals surface area contributed by atoms with Crippen molar-refractivity contribution in [3.63, 3.8) is 0 Å². The second-order valence-electron chi connectivity index (χ2n) is 4.74. The zero-order valence-electron chi connectivity index (χ0n) is 10.8. The molecule has 0 saturated heterocycles. The van der Waals surface area contributed by atoms with Crippen LogP contribution >= 0.6 is 0 Å². The van der Waals surface area contributed by atoms with Crippen LogP contribution in [-0.4, -0.2) is 32.1 Å². The molecule has 1 aromatic rings. The number of ether oxygens (including phenoxy) is 1. The first-order chi connectivity index (χ1) is 8.26. The summed E-state index contributed by atoms with van der Waals surface area (Å²) < 4.78 is 5.29. The molecule has 2 N–H and O–H groups in total. The Morgan fingerprint density at radius 2 is 2.29 bits per heavy atom. The summed E-state index contributed by atoms with van der Waals surface area (Å²) in [5, 5.41) is 0. The van der Waals surface area contributed by atoms with Crippen LogP contribution in [-0.2, 0) is 6.42 Å². The van der Waals surface area contributed by atoms with Crippen LogP contribution in [0.1, 0.15) is 30.0 Å². The molecule has 0 amide bonds. The average molecular weight is 234 g/mol. The minimum Gasteiger partial charge on any atom is -0.497 e. The predicted molar refractivity (Wildman–Crippen MR) is 70.4 cm³/mol. The molecule has 94 valence electrons. The summed E-state index contributed by atoms with van der Waals surface area (Å²) in [5.74, 6) is 0.964. The first kappa shape index (κ1) is 12.4. The largest absolute Gasteiger partial charge is 0.497 e. The molecule has 0 radical (unpaired) electrons. The molecule has 1 aromatic carbocycles. The molecule has 1 aliphatic rings. The summed E-state index contributed by atoms with van der Waals surface area (Å²) in [6, 6.07) is 6.98. The third kappa shape index (κ3) is 2.61. The molecule has 1 aliphatic carbocycles. The highest BCUT2D eigenvalue weighted by Gasteiger charge is 2.23. The predicted octanol–water partition coefficient (Wildman–Crippen LogP) is 1.96. The molecule has 17 heavy (non-hydrogen) atoms. The molecule has 1 unspecified atom stereocenters. The van der Waals surface area contributed by atoms with E-state index in [1.54, 1.807) is 7.11 Å². The fourth-order valence-electron chi connectivity index (χ4n) is 2.71. The monoisotopic (exact) mass is 234 g/mol. The summed E-state index contributed by atoms with van der Waals surface area (Å²) >= 11 is 0. The zero-order chi connectivity index (χ0) is 12.3. The highest BCUT2D eigenvalue weighted by molar-refractivity contribution is 5.39. The number of benzene rings is 1. The van der Waals surface area contributed by atoms with E-state index < -0.39 is 0 Å². The van der Waals surface area contributed by atoms with Gasteiger partial charge in [0.2, 0.25) is 0 Å². The van der Waals surface area contributed by atoms with E-state index in [1.807, 2.05) is 0 Å². The van der Waals surface area contributed by atoms with Crippen molar-refractivity contribution in [2.75, 3.05) is 27.2 Å². The number of likely N-dealkylation sites (N-methyl/N-ethyl adjacent to an activating group) is 1. The molecule has 0 bridgehead atoms. The maximum atomic E-state index is 5.64. The number of hydrogen-bond acceptors (Lipinski definition) is 3. The molecule has 0 aliphatic heterocycles. The molecule has 0 heterocycles. The van der Waals surface area contributed by atoms with Gasteiger partial charge in [-0.15, -0.1) is 0 Å². The molecule has 0 saturated carbocycles. The highest BCUT2D eigenvalue weighted by atomic mass is 16.5. The Kier molecular flexibility index (Phi) is 4.02. The number of hydrogen-bond donors (Lipinski definition) is 1. The summed E-state index contributed by atoms with van der Waals surface area (Å²) in [6.45, 7) is 1.68. The van der Waals surface area contributed by atoms with Gasteiger partial charge >= 0.3 is 0 Å². The first-order valence-corrected chi connectivity index (χ1v) is 6.33. The minimum absolute atomic E-state index is 0.521. The smallest absolute Gasteiger partial charge is 0.119 e. The van der Waals surface area contributed by atoms with Crippen LogP contribution in [0.2, 0.25) is 0 Å². The lowest BCUT2D eigenvalue weighted by atomic mass is 9.87. The van der Waals surface area contributed by atoms with E-state index in [0.717, 1.165) is 18.8 Å². The first-order valence-electron chi connectivity index (χ1n) is 6.33. The zero-order valence-corrected chi connectivity index (χ0v) is 10.8. The lowest BCUT2D eigenvalue weighted by Crippen LogP contribution is -2.32. The van der Waals surface area contributed by atoms with Crippen LogP contribution in [0.3, 0.4) is 0 Å². The standard InChI is InChI=1S/C14H22N2O/c1-16(9-8-15)14-5-3-4-11-10-12(17-2)6-7-13(11)14/h6-7,10,14H,3-5,8-9,15H2,1-2H3. The molecule has 0 aromatic heterocycles. The van der Waals surface area contributed by atoms with Crippen LogP contribution in [0.4, 0.5) is 0 Å². The van der Waals surface area contributed by atoms with Crippen LogP contribution < -0.4 is 10.5 Å². The van der Waals surface area contributed by atoms with E-state index in [2.05, 4.69) is 30.1 Å². The van der Waals surface area contributed by atoms with E-state index in [9.17, 15) is 0 Å². The van der Waals surface area contributed by atoms with Crippen LogP contribution in [0.25, 0.3) is 0 Å². The van der Waals surface area contributed by atoms with E-state index in [4.69, 9.17) is 10.5 Å². The Labute approximate surface area is 104 Å². The molecule has 0 fully saturated rings. The number of nitrogens with two attached hydrogens (primary N) is 1. The minimum atomic E-state index is 0.521. The van der Waals surface area contributed by atoms with Crippen molar-refractivity contribution in [3.05, 3.63) is 29.3 Å². The maximum Gasteiger partial charge on any atom is 0.119 e. The Hall–Kier alpha value is -1.06. The van der Waals surface area contributed by atoms with E-state index >= 15 is 0 Å². The quantitative estimate of drug-likeness (QED) is 0.865. The third-order valence-electron chi connectivity index (χ3n) is 3.65. The number of methoxy groups -OCH3 is 1. The van der Waals surface area contributed by atoms with Crippen molar-refractivity contribution in [2.24, 2.45) is 5.73 Å². The van der Waals surface area contributed by atoms with E-state index in [1.165, 1.54) is 30.4 Å². The second kappa shape index (κ2) is 5.52. The Morgan fingerprint density at radius 1 is 1.47 bits per heavy atom. The van der Waals surface area contributed by atoms with Crippen LogP contribution in [0.5, 0.6) is 5.75 Å². The van der Waals surface area contributed by atoms with Crippen molar-refractivity contribution in [1.82, 2.24) is 4.90 Å². The number of rotatable bonds is 4. The van der Waals surface area contributed by atoms with Gasteiger partial charge in [0.15, 0.2) is 0 Å². The average Bonchev–Trinajstić information content (AvgIpc) is 2.37. The van der Waals surface area contributed by atoms with Crippen molar-refractivity contribution in [3.8, 4) is 5.75 Å². The van der Waals surface area contributed by atoms with Gasteiger partial charge in [0.1, 0.15) is 5.75 Å². The Morgan fingerprint density at radius 3 is 3.00 bits per heavy atom. The molecular weight excluding hydrogens is 212 g/mol. The van der Waals surface area contributed by atoms with E-state index in [-0.39, 0.29) is 0 Å². The van der Waals surface area contributed by atoms with Gasteiger partial charge in [-0.05, 0) is 49.6 Å². The molecule has 2 rings (SSSR count). The summed E-state index contributed by atoms with van der Waals surface area (Å²) in [4.78, 5) is 2.37. The van der Waals surface area contributed by atoms with E-state index in [0.29, 0.717) is 6.04 Å². The highest BCUT2D eigenvalue weighted by Crippen LogP contribution is 2.35. The maximum absolute atomic E-state index is 5.64. The molecule has 1 atom stereocenters. The van der Waals surface area contributed by atoms with Gasteiger partial charge in [-0.25, -0.2) is 0 Å². The molecule has 3 nitrogen and oxygen atoms in total. The van der Waals surface area contributed by atoms with Gasteiger partial charge in [0.05, 0.1) is 7.11 Å².